The van der Waals surface area contributed by atoms with Crippen molar-refractivity contribution in [1.82, 2.24) is 4.98 Å². The number of aryl methyl sites for hydroxylation is 1. The molecule has 0 bridgehead atoms. The fourth-order valence-electron chi connectivity index (χ4n) is 1.65. The first kappa shape index (κ1) is 14.1. The number of methoxy groups -OCH3 is 2. The van der Waals surface area contributed by atoms with Gasteiger partial charge in [-0.05, 0) is 6.92 Å². The SMILES string of the molecule is COc1cc(Nc2nc(C(=O)O)c(C)s2)cc(OC)c1. The number of carboxylic acids is 1. The summed E-state index contributed by atoms with van der Waals surface area (Å²) in [5, 5.41) is 12.5. The zero-order chi connectivity index (χ0) is 14.7. The van der Waals surface area contributed by atoms with Crippen molar-refractivity contribution in [2.75, 3.05) is 19.5 Å². The lowest BCUT2D eigenvalue weighted by molar-refractivity contribution is 0.0690. The van der Waals surface area contributed by atoms with Crippen molar-refractivity contribution >= 4 is 28.1 Å². The summed E-state index contributed by atoms with van der Waals surface area (Å²) in [6.45, 7) is 1.72. The molecule has 1 aromatic heterocycles. The molecule has 0 fully saturated rings. The molecule has 106 valence electrons. The fourth-order valence-corrected chi connectivity index (χ4v) is 2.48. The highest BCUT2D eigenvalue weighted by atomic mass is 32.1. The summed E-state index contributed by atoms with van der Waals surface area (Å²) in [5.41, 5.74) is 0.777. The van der Waals surface area contributed by atoms with Crippen LogP contribution in [0.15, 0.2) is 18.2 Å². The summed E-state index contributed by atoms with van der Waals surface area (Å²) in [6.07, 6.45) is 0. The number of aromatic carboxylic acids is 1. The molecule has 0 amide bonds. The second-order valence-electron chi connectivity index (χ2n) is 3.96. The quantitative estimate of drug-likeness (QED) is 0.882. The Bertz CT molecular complexity index is 617. The Morgan fingerprint density at radius 1 is 1.25 bits per heavy atom. The number of nitrogens with zero attached hydrogens (tertiary/aromatic N) is 1. The third-order valence-electron chi connectivity index (χ3n) is 2.60. The summed E-state index contributed by atoms with van der Waals surface area (Å²) in [5.74, 6) is 0.243. The first-order valence-corrected chi connectivity index (χ1v) is 6.56. The average Bonchev–Trinajstić information content (AvgIpc) is 2.79. The van der Waals surface area contributed by atoms with Gasteiger partial charge in [0.2, 0.25) is 0 Å². The van der Waals surface area contributed by atoms with E-state index in [2.05, 4.69) is 10.3 Å². The third kappa shape index (κ3) is 3.00. The van der Waals surface area contributed by atoms with Crippen LogP contribution in [0, 0.1) is 6.92 Å². The first-order chi connectivity index (χ1) is 9.53. The van der Waals surface area contributed by atoms with Crippen LogP contribution in [0.4, 0.5) is 10.8 Å². The van der Waals surface area contributed by atoms with Gasteiger partial charge < -0.3 is 19.9 Å². The molecule has 0 radical (unpaired) electrons. The Morgan fingerprint density at radius 2 is 1.85 bits per heavy atom. The van der Waals surface area contributed by atoms with Crippen molar-refractivity contribution in [1.29, 1.82) is 0 Å². The van der Waals surface area contributed by atoms with Crippen molar-refractivity contribution in [2.45, 2.75) is 6.92 Å². The number of nitrogens with one attached hydrogen (secondary N) is 1. The highest BCUT2D eigenvalue weighted by molar-refractivity contribution is 7.15. The molecule has 0 aliphatic carbocycles. The maximum Gasteiger partial charge on any atom is 0.355 e. The number of anilines is 2. The lowest BCUT2D eigenvalue weighted by atomic mass is 10.3. The minimum absolute atomic E-state index is 0.0624. The zero-order valence-electron chi connectivity index (χ0n) is 11.3. The number of carbonyl (C=O) groups is 1. The molecule has 1 heterocycles. The molecule has 6 nitrogen and oxygen atoms in total. The zero-order valence-corrected chi connectivity index (χ0v) is 12.1. The number of aromatic nitrogens is 1. The number of rotatable bonds is 5. The minimum atomic E-state index is -1.03. The molecule has 0 atom stereocenters. The summed E-state index contributed by atoms with van der Waals surface area (Å²) in [6, 6.07) is 5.31. The highest BCUT2D eigenvalue weighted by Crippen LogP contribution is 2.30. The van der Waals surface area contributed by atoms with Crippen LogP contribution < -0.4 is 14.8 Å². The molecule has 2 N–H and O–H groups in total. The Morgan fingerprint density at radius 3 is 2.30 bits per heavy atom. The maximum atomic E-state index is 11.0. The number of carboxylic acid groups (broad SMARTS) is 1. The Balaban J connectivity index is 2.29. The van der Waals surface area contributed by atoms with Crippen LogP contribution in [0.25, 0.3) is 0 Å². The predicted molar refractivity (Wildman–Crippen MR) is 76.6 cm³/mol. The van der Waals surface area contributed by atoms with Crippen LogP contribution in [-0.2, 0) is 0 Å². The van der Waals surface area contributed by atoms with E-state index < -0.39 is 5.97 Å². The third-order valence-corrected chi connectivity index (χ3v) is 3.49. The molecular formula is C13H14N2O4S. The number of thiazole rings is 1. The molecule has 0 unspecified atom stereocenters. The standard InChI is InChI=1S/C13H14N2O4S/c1-7-11(12(16)17)15-13(20-7)14-8-4-9(18-2)6-10(5-8)19-3/h4-6H,1-3H3,(H,14,15)(H,16,17). The molecule has 0 spiro atoms. The second kappa shape index (κ2) is 5.79. The molecule has 7 heteroatoms. The molecule has 0 aliphatic heterocycles. The summed E-state index contributed by atoms with van der Waals surface area (Å²) >= 11 is 1.28. The molecule has 2 aromatic rings. The van der Waals surface area contributed by atoms with Gasteiger partial charge in [-0.1, -0.05) is 0 Å². The van der Waals surface area contributed by atoms with E-state index in [1.807, 2.05) is 0 Å². The van der Waals surface area contributed by atoms with E-state index >= 15 is 0 Å². The van der Waals surface area contributed by atoms with Gasteiger partial charge in [0.15, 0.2) is 10.8 Å². The van der Waals surface area contributed by atoms with Gasteiger partial charge in [-0.3, -0.25) is 0 Å². The molecule has 0 saturated carbocycles. The first-order valence-electron chi connectivity index (χ1n) is 5.74. The lowest BCUT2D eigenvalue weighted by Crippen LogP contribution is -1.99. The fraction of sp³-hybridized carbons (Fsp3) is 0.231. The van der Waals surface area contributed by atoms with Gasteiger partial charge in [0.1, 0.15) is 11.5 Å². The molecule has 20 heavy (non-hydrogen) atoms. The Kier molecular flexibility index (Phi) is 4.09. The van der Waals surface area contributed by atoms with Gasteiger partial charge in [-0.2, -0.15) is 0 Å². The molecular weight excluding hydrogens is 280 g/mol. The van der Waals surface area contributed by atoms with Crippen molar-refractivity contribution in [3.8, 4) is 11.5 Å². The Hall–Kier alpha value is -2.28. The summed E-state index contributed by atoms with van der Waals surface area (Å²) in [7, 11) is 3.13. The topological polar surface area (TPSA) is 80.7 Å². The number of benzene rings is 1. The molecule has 0 aliphatic rings. The van der Waals surface area contributed by atoms with E-state index in [1.54, 1.807) is 39.3 Å². The second-order valence-corrected chi connectivity index (χ2v) is 5.16. The average molecular weight is 294 g/mol. The van der Waals surface area contributed by atoms with Crippen molar-refractivity contribution in [3.05, 3.63) is 28.8 Å². The minimum Gasteiger partial charge on any atom is -0.497 e. The van der Waals surface area contributed by atoms with E-state index in [4.69, 9.17) is 14.6 Å². The normalized spacial score (nSPS) is 10.2. The van der Waals surface area contributed by atoms with Gasteiger partial charge in [0, 0.05) is 28.8 Å². The number of ether oxygens (including phenoxy) is 2. The van der Waals surface area contributed by atoms with Crippen LogP contribution in [-0.4, -0.2) is 30.3 Å². The van der Waals surface area contributed by atoms with E-state index in [-0.39, 0.29) is 5.69 Å². The van der Waals surface area contributed by atoms with Crippen LogP contribution >= 0.6 is 11.3 Å². The van der Waals surface area contributed by atoms with Crippen LogP contribution in [0.2, 0.25) is 0 Å². The van der Waals surface area contributed by atoms with Crippen molar-refractivity contribution in [3.63, 3.8) is 0 Å². The monoisotopic (exact) mass is 294 g/mol. The van der Waals surface area contributed by atoms with Crippen molar-refractivity contribution in [2.24, 2.45) is 0 Å². The van der Waals surface area contributed by atoms with Gasteiger partial charge in [-0.15, -0.1) is 11.3 Å². The maximum absolute atomic E-state index is 11.0. The molecule has 0 saturated heterocycles. The van der Waals surface area contributed by atoms with Crippen LogP contribution in [0.1, 0.15) is 15.4 Å². The van der Waals surface area contributed by atoms with E-state index in [0.717, 1.165) is 0 Å². The van der Waals surface area contributed by atoms with Gasteiger partial charge in [0.25, 0.3) is 0 Å². The van der Waals surface area contributed by atoms with Gasteiger partial charge >= 0.3 is 5.97 Å². The summed E-state index contributed by atoms with van der Waals surface area (Å²) < 4.78 is 10.3. The van der Waals surface area contributed by atoms with E-state index in [1.165, 1.54) is 11.3 Å². The lowest BCUT2D eigenvalue weighted by Gasteiger charge is -2.08. The largest absolute Gasteiger partial charge is 0.497 e. The highest BCUT2D eigenvalue weighted by Gasteiger charge is 2.14. The van der Waals surface area contributed by atoms with Crippen molar-refractivity contribution < 1.29 is 19.4 Å². The smallest absolute Gasteiger partial charge is 0.355 e. The molecule has 1 aromatic carbocycles. The van der Waals surface area contributed by atoms with Crippen LogP contribution in [0.3, 0.4) is 0 Å². The summed E-state index contributed by atoms with van der Waals surface area (Å²) in [4.78, 5) is 15.7. The van der Waals surface area contributed by atoms with E-state index in [9.17, 15) is 4.79 Å². The van der Waals surface area contributed by atoms with Gasteiger partial charge in [0.05, 0.1) is 14.2 Å². The number of hydrogen-bond acceptors (Lipinski definition) is 6. The Labute approximate surface area is 120 Å². The predicted octanol–water partition coefficient (Wildman–Crippen LogP) is 2.91. The van der Waals surface area contributed by atoms with Gasteiger partial charge in [-0.25, -0.2) is 9.78 Å². The number of hydrogen-bond donors (Lipinski definition) is 2. The molecule has 2 rings (SSSR count). The van der Waals surface area contributed by atoms with Crippen LogP contribution in [0.5, 0.6) is 11.5 Å². The van der Waals surface area contributed by atoms with E-state index in [0.29, 0.717) is 27.2 Å².